The van der Waals surface area contributed by atoms with Crippen LogP contribution in [0.15, 0.2) is 18.2 Å². The van der Waals surface area contributed by atoms with Gasteiger partial charge < -0.3 is 14.8 Å². The fourth-order valence-corrected chi connectivity index (χ4v) is 1.77. The van der Waals surface area contributed by atoms with Crippen molar-refractivity contribution in [3.63, 3.8) is 0 Å². The number of carbonyl (C=O) groups is 1. The van der Waals surface area contributed by atoms with Gasteiger partial charge in [0.05, 0.1) is 12.7 Å². The number of alkyl halides is 2. The van der Waals surface area contributed by atoms with Crippen LogP contribution < -0.4 is 10.1 Å². The van der Waals surface area contributed by atoms with Gasteiger partial charge in [-0.1, -0.05) is 6.07 Å². The molecule has 0 aromatic heterocycles. The monoisotopic (exact) mass is 297 g/mol. The molecule has 1 aliphatic rings. The van der Waals surface area contributed by atoms with Crippen LogP contribution in [0.5, 0.6) is 5.75 Å². The third-order valence-corrected chi connectivity index (χ3v) is 2.60. The lowest BCUT2D eigenvalue weighted by atomic mass is 9.98. The Morgan fingerprint density at radius 1 is 1.47 bits per heavy atom. The van der Waals surface area contributed by atoms with Crippen molar-refractivity contribution in [2.45, 2.75) is 12.0 Å². The molecule has 4 nitrogen and oxygen atoms in total. The average Bonchev–Trinajstić information content (AvgIpc) is 2.32. The van der Waals surface area contributed by atoms with E-state index in [4.69, 9.17) is 4.74 Å². The lowest BCUT2D eigenvalue weighted by Gasteiger charge is -2.32. The number of carbonyl (C=O) groups excluding carboxylic acids is 1. The van der Waals surface area contributed by atoms with E-state index in [1.54, 1.807) is 0 Å². The van der Waals surface area contributed by atoms with Gasteiger partial charge >= 0.3 is 12.0 Å². The maximum absolute atomic E-state index is 13.7. The molecule has 0 spiro atoms. The standard InChI is InChI=1S/C11H10F3NO3.ClH/c1-17-7-4-2-3-6(12)8(7)9-11(13,14)5-18-10(16)15-9;/h2-4,9H,5H2,1H3,(H,15,16);1H/t9-;/m0./s1. The van der Waals surface area contributed by atoms with Crippen LogP contribution in [-0.2, 0) is 4.74 Å². The number of rotatable bonds is 2. The van der Waals surface area contributed by atoms with Crippen LogP contribution in [0.1, 0.15) is 11.6 Å². The fourth-order valence-electron chi connectivity index (χ4n) is 1.77. The van der Waals surface area contributed by atoms with Crippen LogP contribution in [0.2, 0.25) is 0 Å². The Kier molecular flexibility index (Phi) is 4.52. The molecular formula is C11H11ClF3NO3. The zero-order valence-corrected chi connectivity index (χ0v) is 10.6. The van der Waals surface area contributed by atoms with E-state index in [1.807, 2.05) is 5.32 Å². The van der Waals surface area contributed by atoms with Crippen LogP contribution in [-0.4, -0.2) is 25.7 Å². The highest BCUT2D eigenvalue weighted by molar-refractivity contribution is 5.85. The molecule has 0 radical (unpaired) electrons. The second-order valence-electron chi connectivity index (χ2n) is 3.77. The predicted molar refractivity (Wildman–Crippen MR) is 62.4 cm³/mol. The van der Waals surface area contributed by atoms with Crippen molar-refractivity contribution in [3.8, 4) is 5.75 Å². The molecule has 0 unspecified atom stereocenters. The summed E-state index contributed by atoms with van der Waals surface area (Å²) in [5, 5.41) is 1.91. The number of cyclic esters (lactones) is 1. The highest BCUT2D eigenvalue weighted by Crippen LogP contribution is 2.39. The summed E-state index contributed by atoms with van der Waals surface area (Å²) >= 11 is 0. The molecule has 0 aliphatic carbocycles. The molecule has 106 valence electrons. The molecule has 1 aromatic carbocycles. The lowest BCUT2D eigenvalue weighted by Crippen LogP contribution is -2.50. The molecule has 1 atom stereocenters. The highest BCUT2D eigenvalue weighted by Gasteiger charge is 2.49. The Labute approximate surface area is 113 Å². The maximum atomic E-state index is 13.7. The topological polar surface area (TPSA) is 47.6 Å². The first-order chi connectivity index (χ1) is 8.45. The predicted octanol–water partition coefficient (Wildman–Crippen LogP) is 2.67. The summed E-state index contributed by atoms with van der Waals surface area (Å²) in [6.45, 7) is -1.10. The number of hydrogen-bond acceptors (Lipinski definition) is 3. The molecule has 1 aliphatic heterocycles. The molecule has 1 aromatic rings. The van der Waals surface area contributed by atoms with Crippen molar-refractivity contribution < 1.29 is 27.4 Å². The molecule has 1 heterocycles. The summed E-state index contributed by atoms with van der Waals surface area (Å²) in [5.41, 5.74) is -0.387. The van der Waals surface area contributed by atoms with Gasteiger partial charge in [-0.15, -0.1) is 12.4 Å². The van der Waals surface area contributed by atoms with Crippen molar-refractivity contribution in [2.24, 2.45) is 0 Å². The van der Waals surface area contributed by atoms with Crippen LogP contribution in [0.3, 0.4) is 0 Å². The first-order valence-corrected chi connectivity index (χ1v) is 5.09. The van der Waals surface area contributed by atoms with Crippen molar-refractivity contribution in [2.75, 3.05) is 13.7 Å². The molecule has 1 saturated heterocycles. The van der Waals surface area contributed by atoms with Crippen LogP contribution >= 0.6 is 12.4 Å². The van der Waals surface area contributed by atoms with Crippen LogP contribution in [0, 0.1) is 5.82 Å². The van der Waals surface area contributed by atoms with E-state index < -0.39 is 30.5 Å². The van der Waals surface area contributed by atoms with Crippen molar-refractivity contribution in [3.05, 3.63) is 29.6 Å². The molecule has 1 N–H and O–H groups in total. The van der Waals surface area contributed by atoms with E-state index in [0.717, 1.165) is 6.07 Å². The normalized spacial score (nSPS) is 20.8. The summed E-state index contributed by atoms with van der Waals surface area (Å²) in [4.78, 5) is 11.0. The summed E-state index contributed by atoms with van der Waals surface area (Å²) in [6.07, 6.45) is -1.02. The number of amides is 1. The summed E-state index contributed by atoms with van der Waals surface area (Å²) in [6, 6.07) is 1.89. The van der Waals surface area contributed by atoms with Crippen molar-refractivity contribution >= 4 is 18.5 Å². The first kappa shape index (κ1) is 15.4. The zero-order valence-electron chi connectivity index (χ0n) is 9.78. The summed E-state index contributed by atoms with van der Waals surface area (Å²) in [7, 11) is 1.23. The van der Waals surface area contributed by atoms with E-state index >= 15 is 0 Å². The van der Waals surface area contributed by atoms with Crippen molar-refractivity contribution in [1.29, 1.82) is 0 Å². The first-order valence-electron chi connectivity index (χ1n) is 5.09. The van der Waals surface area contributed by atoms with E-state index in [-0.39, 0.29) is 23.7 Å². The Morgan fingerprint density at radius 2 is 2.16 bits per heavy atom. The molecule has 1 amide bonds. The molecule has 8 heteroatoms. The Balaban J connectivity index is 0.00000180. The van der Waals surface area contributed by atoms with Crippen LogP contribution in [0.25, 0.3) is 0 Å². The number of halogens is 4. The summed E-state index contributed by atoms with van der Waals surface area (Å²) in [5.74, 6) is -4.34. The van der Waals surface area contributed by atoms with Gasteiger partial charge in [-0.2, -0.15) is 0 Å². The third-order valence-electron chi connectivity index (χ3n) is 2.60. The van der Waals surface area contributed by atoms with Crippen molar-refractivity contribution in [1.82, 2.24) is 5.32 Å². The van der Waals surface area contributed by atoms with Gasteiger partial charge in [-0.25, -0.2) is 18.0 Å². The SMILES string of the molecule is COc1cccc(F)c1[C@@H]1NC(=O)OCC1(F)F.Cl. The minimum atomic E-state index is -3.41. The Bertz CT molecular complexity index is 484. The van der Waals surface area contributed by atoms with E-state index in [2.05, 4.69) is 4.74 Å². The smallest absolute Gasteiger partial charge is 0.408 e. The number of hydrogen-bond donors (Lipinski definition) is 1. The minimum absolute atomic E-state index is 0. The highest BCUT2D eigenvalue weighted by atomic mass is 35.5. The molecule has 0 bridgehead atoms. The molecular weight excluding hydrogens is 287 g/mol. The Morgan fingerprint density at radius 3 is 2.79 bits per heavy atom. The number of alkyl carbamates (subject to hydrolysis) is 1. The van der Waals surface area contributed by atoms with E-state index in [0.29, 0.717) is 0 Å². The van der Waals surface area contributed by atoms with Gasteiger partial charge in [0.15, 0.2) is 6.61 Å². The maximum Gasteiger partial charge on any atom is 0.408 e. The van der Waals surface area contributed by atoms with E-state index in [9.17, 15) is 18.0 Å². The zero-order chi connectivity index (χ0) is 13.3. The second kappa shape index (κ2) is 5.56. The van der Waals surface area contributed by atoms with Gasteiger partial charge in [0.25, 0.3) is 0 Å². The Hall–Kier alpha value is -1.63. The molecule has 19 heavy (non-hydrogen) atoms. The average molecular weight is 298 g/mol. The van der Waals surface area contributed by atoms with Gasteiger partial charge in [0.2, 0.25) is 0 Å². The molecule has 1 fully saturated rings. The lowest BCUT2D eigenvalue weighted by molar-refractivity contribution is -0.105. The van der Waals surface area contributed by atoms with Gasteiger partial charge in [0.1, 0.15) is 17.6 Å². The molecule has 2 rings (SSSR count). The second-order valence-corrected chi connectivity index (χ2v) is 3.77. The van der Waals surface area contributed by atoms with Crippen LogP contribution in [0.4, 0.5) is 18.0 Å². The fraction of sp³-hybridized carbons (Fsp3) is 0.364. The number of benzene rings is 1. The van der Waals surface area contributed by atoms with Gasteiger partial charge in [0, 0.05) is 0 Å². The minimum Gasteiger partial charge on any atom is -0.496 e. The quantitative estimate of drug-likeness (QED) is 0.913. The number of nitrogens with one attached hydrogen (secondary N) is 1. The number of methoxy groups -OCH3 is 1. The molecule has 0 saturated carbocycles. The van der Waals surface area contributed by atoms with Gasteiger partial charge in [-0.05, 0) is 12.1 Å². The summed E-state index contributed by atoms with van der Waals surface area (Å²) < 4.78 is 50.0. The largest absolute Gasteiger partial charge is 0.496 e. The van der Waals surface area contributed by atoms with Gasteiger partial charge in [-0.3, -0.25) is 0 Å². The number of ether oxygens (including phenoxy) is 2. The third kappa shape index (κ3) is 2.86. The van der Waals surface area contributed by atoms with E-state index in [1.165, 1.54) is 19.2 Å².